The van der Waals surface area contributed by atoms with Crippen molar-refractivity contribution in [2.75, 3.05) is 26.1 Å². The van der Waals surface area contributed by atoms with Crippen LogP contribution in [0.1, 0.15) is 21.7 Å². The van der Waals surface area contributed by atoms with Gasteiger partial charge in [0.25, 0.3) is 0 Å². The lowest BCUT2D eigenvalue weighted by Crippen LogP contribution is -2.35. The van der Waals surface area contributed by atoms with Crippen molar-refractivity contribution in [3.8, 4) is 5.75 Å². The zero-order chi connectivity index (χ0) is 18.7. The second kappa shape index (κ2) is 7.74. The van der Waals surface area contributed by atoms with Gasteiger partial charge in [0.2, 0.25) is 5.91 Å². The first-order valence-electron chi connectivity index (χ1n) is 8.25. The fourth-order valence-electron chi connectivity index (χ4n) is 2.93. The smallest absolute Gasteiger partial charge is 0.409 e. The van der Waals surface area contributed by atoms with Gasteiger partial charge in [-0.05, 0) is 24.1 Å². The number of aromatic nitrogens is 1. The molecular formula is C18H21N3O4S. The molecule has 1 aromatic carbocycles. The van der Waals surface area contributed by atoms with Gasteiger partial charge in [0, 0.05) is 17.8 Å². The summed E-state index contributed by atoms with van der Waals surface area (Å²) in [7, 11) is 3.00. The van der Waals surface area contributed by atoms with Crippen LogP contribution < -0.4 is 10.1 Å². The molecule has 0 saturated heterocycles. The molecule has 0 spiro atoms. The van der Waals surface area contributed by atoms with Crippen LogP contribution in [0.5, 0.6) is 5.75 Å². The zero-order valence-electron chi connectivity index (χ0n) is 15.0. The number of hydrogen-bond acceptors (Lipinski definition) is 6. The Labute approximate surface area is 155 Å². The van der Waals surface area contributed by atoms with Gasteiger partial charge in [0.15, 0.2) is 5.13 Å². The molecule has 0 radical (unpaired) electrons. The van der Waals surface area contributed by atoms with Gasteiger partial charge in [-0.3, -0.25) is 4.79 Å². The highest BCUT2D eigenvalue weighted by molar-refractivity contribution is 7.15. The van der Waals surface area contributed by atoms with E-state index >= 15 is 0 Å². The lowest BCUT2D eigenvalue weighted by atomic mass is 10.1. The van der Waals surface area contributed by atoms with Crippen LogP contribution >= 0.6 is 11.3 Å². The minimum Gasteiger partial charge on any atom is -0.496 e. The normalized spacial score (nSPS) is 13.1. The average molecular weight is 375 g/mol. The van der Waals surface area contributed by atoms with Crippen molar-refractivity contribution in [1.29, 1.82) is 0 Å². The first-order valence-corrected chi connectivity index (χ1v) is 9.06. The highest BCUT2D eigenvalue weighted by atomic mass is 32.1. The molecule has 0 saturated carbocycles. The number of carbonyl (C=O) groups is 2. The van der Waals surface area contributed by atoms with Crippen LogP contribution in [-0.2, 0) is 28.9 Å². The van der Waals surface area contributed by atoms with Gasteiger partial charge < -0.3 is 19.7 Å². The molecule has 0 atom stereocenters. The third kappa shape index (κ3) is 3.96. The van der Waals surface area contributed by atoms with E-state index in [1.54, 1.807) is 12.0 Å². The van der Waals surface area contributed by atoms with Gasteiger partial charge in [-0.1, -0.05) is 23.5 Å². The van der Waals surface area contributed by atoms with Crippen molar-refractivity contribution < 1.29 is 19.1 Å². The van der Waals surface area contributed by atoms with Crippen molar-refractivity contribution >= 4 is 28.5 Å². The van der Waals surface area contributed by atoms with Gasteiger partial charge in [-0.15, -0.1) is 0 Å². The molecule has 2 aromatic rings. The quantitative estimate of drug-likeness (QED) is 0.889. The summed E-state index contributed by atoms with van der Waals surface area (Å²) < 4.78 is 10.00. The molecule has 1 N–H and O–H groups in total. The maximum atomic E-state index is 12.3. The molecule has 0 aliphatic carbocycles. The number of rotatable bonds is 4. The van der Waals surface area contributed by atoms with Crippen molar-refractivity contribution in [2.45, 2.75) is 26.3 Å². The monoisotopic (exact) mass is 375 g/mol. The molecule has 0 bridgehead atoms. The summed E-state index contributed by atoms with van der Waals surface area (Å²) in [5.74, 6) is 0.683. The number of methoxy groups -OCH3 is 2. The molecule has 138 valence electrons. The van der Waals surface area contributed by atoms with E-state index in [2.05, 4.69) is 10.3 Å². The number of hydrogen-bond donors (Lipinski definition) is 1. The van der Waals surface area contributed by atoms with E-state index in [0.717, 1.165) is 27.4 Å². The number of amides is 2. The minimum absolute atomic E-state index is 0.120. The zero-order valence-corrected chi connectivity index (χ0v) is 15.8. The predicted octanol–water partition coefficient (Wildman–Crippen LogP) is 2.77. The minimum atomic E-state index is -0.343. The Kier molecular flexibility index (Phi) is 5.41. The van der Waals surface area contributed by atoms with Crippen LogP contribution in [0, 0.1) is 6.92 Å². The summed E-state index contributed by atoms with van der Waals surface area (Å²) in [5.41, 5.74) is 2.84. The van der Waals surface area contributed by atoms with E-state index < -0.39 is 0 Å². The molecule has 8 heteroatoms. The SMILES string of the molecule is COC(=O)N1CCc2nc(NC(=O)Cc3ccc(OC)c(C)c3)sc2C1. The molecular weight excluding hydrogens is 354 g/mol. The average Bonchev–Trinajstić information content (AvgIpc) is 3.02. The van der Waals surface area contributed by atoms with E-state index in [1.807, 2.05) is 25.1 Å². The Morgan fingerprint density at radius 1 is 1.35 bits per heavy atom. The maximum Gasteiger partial charge on any atom is 0.409 e. The number of carbonyl (C=O) groups excluding carboxylic acids is 2. The van der Waals surface area contributed by atoms with E-state index in [1.165, 1.54) is 18.4 Å². The lowest BCUT2D eigenvalue weighted by Gasteiger charge is -2.24. The second-order valence-corrected chi connectivity index (χ2v) is 7.14. The fourth-order valence-corrected chi connectivity index (χ4v) is 3.97. The summed E-state index contributed by atoms with van der Waals surface area (Å²) >= 11 is 1.40. The Bertz CT molecular complexity index is 834. The Hall–Kier alpha value is -2.61. The molecule has 26 heavy (non-hydrogen) atoms. The van der Waals surface area contributed by atoms with Crippen LogP contribution in [0.25, 0.3) is 0 Å². The highest BCUT2D eigenvalue weighted by Gasteiger charge is 2.25. The van der Waals surface area contributed by atoms with Gasteiger partial charge in [-0.25, -0.2) is 9.78 Å². The molecule has 3 rings (SSSR count). The van der Waals surface area contributed by atoms with Crippen LogP contribution in [-0.4, -0.2) is 42.6 Å². The van der Waals surface area contributed by atoms with Gasteiger partial charge in [-0.2, -0.15) is 0 Å². The number of thiazole rings is 1. The van der Waals surface area contributed by atoms with Crippen molar-refractivity contribution in [2.24, 2.45) is 0 Å². The summed E-state index contributed by atoms with van der Waals surface area (Å²) in [5, 5.41) is 3.42. The number of fused-ring (bicyclic) bond motifs is 1. The fraction of sp³-hybridized carbons (Fsp3) is 0.389. The molecule has 1 aliphatic rings. The molecule has 0 unspecified atom stereocenters. The van der Waals surface area contributed by atoms with Gasteiger partial charge in [0.1, 0.15) is 5.75 Å². The number of aryl methyl sites for hydroxylation is 1. The lowest BCUT2D eigenvalue weighted by molar-refractivity contribution is -0.115. The molecule has 1 aromatic heterocycles. The van der Waals surface area contributed by atoms with Crippen molar-refractivity contribution in [3.05, 3.63) is 39.9 Å². The standard InChI is InChI=1S/C18H21N3O4S/c1-11-8-12(4-5-14(11)24-2)9-16(22)20-17-19-13-6-7-21(18(23)25-3)10-15(13)26-17/h4-5,8H,6-7,9-10H2,1-3H3,(H,19,20,22). The van der Waals surface area contributed by atoms with Crippen molar-refractivity contribution in [3.63, 3.8) is 0 Å². The van der Waals surface area contributed by atoms with E-state index in [4.69, 9.17) is 9.47 Å². The van der Waals surface area contributed by atoms with Crippen molar-refractivity contribution in [1.82, 2.24) is 9.88 Å². The first kappa shape index (κ1) is 18.2. The molecule has 2 heterocycles. The largest absolute Gasteiger partial charge is 0.496 e. The summed E-state index contributed by atoms with van der Waals surface area (Å²) in [6.45, 7) is 2.98. The third-order valence-corrected chi connectivity index (χ3v) is 5.23. The topological polar surface area (TPSA) is 80.8 Å². The Morgan fingerprint density at radius 2 is 2.15 bits per heavy atom. The third-order valence-electron chi connectivity index (χ3n) is 4.23. The van der Waals surface area contributed by atoms with E-state index in [9.17, 15) is 9.59 Å². The van der Waals surface area contributed by atoms with Gasteiger partial charge in [0.05, 0.1) is 32.9 Å². The summed E-state index contributed by atoms with van der Waals surface area (Å²) in [4.78, 5) is 31.1. The number of nitrogens with zero attached hydrogens (tertiary/aromatic N) is 2. The molecule has 7 nitrogen and oxygen atoms in total. The van der Waals surface area contributed by atoms with E-state index in [-0.39, 0.29) is 18.4 Å². The number of anilines is 1. The summed E-state index contributed by atoms with van der Waals surface area (Å²) in [6, 6.07) is 5.69. The van der Waals surface area contributed by atoms with Crippen LogP contribution in [0.15, 0.2) is 18.2 Å². The molecule has 1 aliphatic heterocycles. The second-order valence-electron chi connectivity index (χ2n) is 6.06. The van der Waals surface area contributed by atoms with Crippen LogP contribution in [0.2, 0.25) is 0 Å². The Morgan fingerprint density at radius 3 is 2.85 bits per heavy atom. The van der Waals surface area contributed by atoms with Gasteiger partial charge >= 0.3 is 6.09 Å². The van der Waals surface area contributed by atoms with E-state index in [0.29, 0.717) is 24.6 Å². The van der Waals surface area contributed by atoms with Crippen LogP contribution in [0.4, 0.5) is 9.93 Å². The number of nitrogens with one attached hydrogen (secondary N) is 1. The maximum absolute atomic E-state index is 12.3. The number of benzene rings is 1. The number of ether oxygens (including phenoxy) is 2. The predicted molar refractivity (Wildman–Crippen MR) is 98.7 cm³/mol. The summed E-state index contributed by atoms with van der Waals surface area (Å²) in [6.07, 6.45) is 0.585. The molecule has 2 amide bonds. The molecule has 0 fully saturated rings. The first-order chi connectivity index (χ1) is 12.5. The highest BCUT2D eigenvalue weighted by Crippen LogP contribution is 2.28. The Balaban J connectivity index is 1.63. The van der Waals surface area contributed by atoms with Crippen LogP contribution in [0.3, 0.4) is 0 Å².